The van der Waals surface area contributed by atoms with Gasteiger partial charge in [0, 0.05) is 44.5 Å². The highest BCUT2D eigenvalue weighted by Gasteiger charge is 2.21. The summed E-state index contributed by atoms with van der Waals surface area (Å²) in [4.78, 5) is 7.16. The number of nitrogens with zero attached hydrogens (tertiary/aromatic N) is 3. The molecule has 0 saturated carbocycles. The van der Waals surface area contributed by atoms with E-state index in [-0.39, 0.29) is 5.82 Å². The summed E-state index contributed by atoms with van der Waals surface area (Å²) in [5.74, 6) is 1.22. The van der Waals surface area contributed by atoms with Crippen LogP contribution in [0.3, 0.4) is 0 Å². The molecule has 1 aromatic carbocycles. The number of halogens is 1. The number of hydrogen-bond donors (Lipinski definition) is 1. The second-order valence-electron chi connectivity index (χ2n) is 6.87. The Morgan fingerprint density at radius 3 is 2.70 bits per heavy atom. The van der Waals surface area contributed by atoms with Crippen molar-refractivity contribution >= 4 is 5.65 Å². The molecule has 2 aliphatic rings. The van der Waals surface area contributed by atoms with Crippen LogP contribution in [0, 0.1) is 5.82 Å². The van der Waals surface area contributed by atoms with Crippen LogP contribution in [0.15, 0.2) is 36.5 Å². The molecule has 2 aliphatic heterocycles. The van der Waals surface area contributed by atoms with E-state index in [1.165, 1.54) is 12.3 Å². The SMILES string of the molecule is Fc1ccc2nc(-c3ccc4c(c3)OCCO4)c(CN3CCNCC3)n2c1. The van der Waals surface area contributed by atoms with Gasteiger partial charge in [0.15, 0.2) is 11.5 Å². The van der Waals surface area contributed by atoms with Gasteiger partial charge in [-0.3, -0.25) is 9.30 Å². The summed E-state index contributed by atoms with van der Waals surface area (Å²) in [5, 5.41) is 3.37. The van der Waals surface area contributed by atoms with E-state index in [0.717, 1.165) is 66.8 Å². The Balaban J connectivity index is 1.61. The van der Waals surface area contributed by atoms with Crippen LogP contribution in [0.25, 0.3) is 16.9 Å². The molecule has 7 heteroatoms. The van der Waals surface area contributed by atoms with E-state index in [2.05, 4.69) is 10.2 Å². The van der Waals surface area contributed by atoms with E-state index in [1.54, 1.807) is 6.07 Å². The lowest BCUT2D eigenvalue weighted by molar-refractivity contribution is 0.171. The van der Waals surface area contributed by atoms with Crippen LogP contribution in [0.2, 0.25) is 0 Å². The zero-order valence-corrected chi connectivity index (χ0v) is 14.9. The fourth-order valence-electron chi connectivity index (χ4n) is 3.72. The number of rotatable bonds is 3. The van der Waals surface area contributed by atoms with Crippen molar-refractivity contribution in [3.05, 3.63) is 48.0 Å². The second-order valence-corrected chi connectivity index (χ2v) is 6.87. The molecule has 3 aromatic rings. The highest BCUT2D eigenvalue weighted by molar-refractivity contribution is 5.69. The molecule has 140 valence electrons. The lowest BCUT2D eigenvalue weighted by Crippen LogP contribution is -2.43. The van der Waals surface area contributed by atoms with Gasteiger partial charge in [-0.15, -0.1) is 0 Å². The first kappa shape index (κ1) is 16.5. The maximum atomic E-state index is 13.9. The fourth-order valence-corrected chi connectivity index (χ4v) is 3.72. The topological polar surface area (TPSA) is 51.0 Å². The monoisotopic (exact) mass is 368 g/mol. The van der Waals surface area contributed by atoms with Crippen LogP contribution in [0.5, 0.6) is 11.5 Å². The van der Waals surface area contributed by atoms with Crippen LogP contribution in [-0.4, -0.2) is 53.7 Å². The van der Waals surface area contributed by atoms with E-state index in [0.29, 0.717) is 13.2 Å². The number of nitrogens with one attached hydrogen (secondary N) is 1. The number of ether oxygens (including phenoxy) is 2. The lowest BCUT2D eigenvalue weighted by atomic mass is 10.1. The number of imidazole rings is 1. The average Bonchev–Trinajstić information content (AvgIpc) is 3.06. The summed E-state index contributed by atoms with van der Waals surface area (Å²) in [5.41, 5.74) is 3.54. The summed E-state index contributed by atoms with van der Waals surface area (Å²) in [7, 11) is 0. The van der Waals surface area contributed by atoms with Crippen molar-refractivity contribution < 1.29 is 13.9 Å². The standard InChI is InChI=1S/C20H21FN4O2/c21-15-2-4-19-23-20(14-1-3-17-18(11-14)27-10-9-26-17)16(25(19)12-15)13-24-7-5-22-6-8-24/h1-4,11-12,22H,5-10,13H2. The van der Waals surface area contributed by atoms with Gasteiger partial charge in [-0.05, 0) is 30.3 Å². The largest absolute Gasteiger partial charge is 0.486 e. The van der Waals surface area contributed by atoms with Crippen molar-refractivity contribution in [2.24, 2.45) is 0 Å². The van der Waals surface area contributed by atoms with Gasteiger partial charge < -0.3 is 14.8 Å². The summed E-state index contributed by atoms with van der Waals surface area (Å²) in [6.45, 7) is 5.67. The first-order valence-corrected chi connectivity index (χ1v) is 9.27. The second kappa shape index (κ2) is 6.83. The minimum absolute atomic E-state index is 0.268. The van der Waals surface area contributed by atoms with Crippen LogP contribution >= 0.6 is 0 Å². The fraction of sp³-hybridized carbons (Fsp3) is 0.350. The average molecular weight is 368 g/mol. The van der Waals surface area contributed by atoms with Crippen molar-refractivity contribution in [2.45, 2.75) is 6.54 Å². The van der Waals surface area contributed by atoms with Crippen LogP contribution < -0.4 is 14.8 Å². The van der Waals surface area contributed by atoms with Crippen LogP contribution in [0.1, 0.15) is 5.69 Å². The molecule has 0 bridgehead atoms. The molecule has 1 saturated heterocycles. The third-order valence-electron chi connectivity index (χ3n) is 5.08. The van der Waals surface area contributed by atoms with Crippen molar-refractivity contribution in [3.8, 4) is 22.8 Å². The summed E-state index contributed by atoms with van der Waals surface area (Å²) >= 11 is 0. The lowest BCUT2D eigenvalue weighted by Gasteiger charge is -2.27. The predicted molar refractivity (Wildman–Crippen MR) is 99.7 cm³/mol. The summed E-state index contributed by atoms with van der Waals surface area (Å²) in [6, 6.07) is 9.05. The smallest absolute Gasteiger partial charge is 0.162 e. The molecule has 5 rings (SSSR count). The number of aromatic nitrogens is 2. The van der Waals surface area contributed by atoms with Gasteiger partial charge >= 0.3 is 0 Å². The van der Waals surface area contributed by atoms with E-state index >= 15 is 0 Å². The molecule has 0 aliphatic carbocycles. The molecule has 1 N–H and O–H groups in total. The molecule has 0 spiro atoms. The van der Waals surface area contributed by atoms with Gasteiger partial charge in [0.2, 0.25) is 0 Å². The van der Waals surface area contributed by atoms with Crippen LogP contribution in [0.4, 0.5) is 4.39 Å². The van der Waals surface area contributed by atoms with E-state index < -0.39 is 0 Å². The molecule has 0 radical (unpaired) electrons. The van der Waals surface area contributed by atoms with Gasteiger partial charge in [-0.1, -0.05) is 0 Å². The molecule has 0 atom stereocenters. The molecular weight excluding hydrogens is 347 g/mol. The number of pyridine rings is 1. The first-order valence-electron chi connectivity index (χ1n) is 9.27. The highest BCUT2D eigenvalue weighted by Crippen LogP contribution is 2.36. The molecule has 27 heavy (non-hydrogen) atoms. The Bertz CT molecular complexity index is 982. The number of fused-ring (bicyclic) bond motifs is 2. The van der Waals surface area contributed by atoms with E-state index in [9.17, 15) is 4.39 Å². The zero-order valence-electron chi connectivity index (χ0n) is 14.9. The Morgan fingerprint density at radius 2 is 1.85 bits per heavy atom. The van der Waals surface area contributed by atoms with Gasteiger partial charge in [-0.2, -0.15) is 0 Å². The molecule has 0 unspecified atom stereocenters. The molecule has 1 fully saturated rings. The summed E-state index contributed by atoms with van der Waals surface area (Å²) in [6.07, 6.45) is 1.52. The first-order chi connectivity index (χ1) is 13.3. The maximum absolute atomic E-state index is 13.9. The Morgan fingerprint density at radius 1 is 1.04 bits per heavy atom. The quantitative estimate of drug-likeness (QED) is 0.769. The van der Waals surface area contributed by atoms with E-state index in [4.69, 9.17) is 14.5 Å². The third-order valence-corrected chi connectivity index (χ3v) is 5.08. The normalized spacial score (nSPS) is 17.4. The highest BCUT2D eigenvalue weighted by atomic mass is 19.1. The summed E-state index contributed by atoms with van der Waals surface area (Å²) < 4.78 is 27.1. The number of piperazine rings is 1. The van der Waals surface area contributed by atoms with Crippen molar-refractivity contribution in [3.63, 3.8) is 0 Å². The Hall–Kier alpha value is -2.64. The van der Waals surface area contributed by atoms with Gasteiger partial charge in [0.1, 0.15) is 24.7 Å². The molecule has 0 amide bonds. The van der Waals surface area contributed by atoms with Gasteiger partial charge in [-0.25, -0.2) is 9.37 Å². The molecule has 2 aromatic heterocycles. The molecule has 4 heterocycles. The molecular formula is C20H21FN4O2. The van der Waals surface area contributed by atoms with E-state index in [1.807, 2.05) is 22.6 Å². The molecule has 6 nitrogen and oxygen atoms in total. The predicted octanol–water partition coefficient (Wildman–Crippen LogP) is 2.32. The van der Waals surface area contributed by atoms with Gasteiger partial charge in [0.25, 0.3) is 0 Å². The minimum Gasteiger partial charge on any atom is -0.486 e. The van der Waals surface area contributed by atoms with Crippen molar-refractivity contribution in [1.82, 2.24) is 19.6 Å². The number of benzene rings is 1. The van der Waals surface area contributed by atoms with Gasteiger partial charge in [0.05, 0.1) is 11.4 Å². The van der Waals surface area contributed by atoms with Crippen molar-refractivity contribution in [1.29, 1.82) is 0 Å². The zero-order chi connectivity index (χ0) is 18.2. The van der Waals surface area contributed by atoms with Crippen LogP contribution in [-0.2, 0) is 6.54 Å². The number of hydrogen-bond acceptors (Lipinski definition) is 5. The maximum Gasteiger partial charge on any atom is 0.162 e. The minimum atomic E-state index is -0.268. The van der Waals surface area contributed by atoms with Crippen molar-refractivity contribution in [2.75, 3.05) is 39.4 Å². The Kier molecular flexibility index (Phi) is 4.18. The Labute approximate surface area is 156 Å². The third kappa shape index (κ3) is 3.13.